The van der Waals surface area contributed by atoms with Crippen LogP contribution in [0.15, 0.2) is 30.3 Å². The minimum Gasteiger partial charge on any atom is -0.475 e. The van der Waals surface area contributed by atoms with E-state index in [1.54, 1.807) is 19.1 Å². The molecule has 2 N–H and O–H groups in total. The second kappa shape index (κ2) is 11.6. The van der Waals surface area contributed by atoms with E-state index >= 15 is 0 Å². The average Bonchev–Trinajstić information content (AvgIpc) is 3.31. The van der Waals surface area contributed by atoms with Crippen LogP contribution in [0.5, 0.6) is 5.88 Å². The standard InChI is InChI=1S/C26H33F3N4O4/c1-17-3-4-21(30-25(35)33-6-5-19(15-33)14-26(27,28)29)13-22(17)20-11-23(32-7-9-36-10-8-32)31-24(12-20)37-16-18(2)34/h3-4,11-13,18-19,34H,5-10,14-16H2,1-2H3,(H,30,35)/t18-,19+/m1/s1. The molecular formula is C26H33F3N4O4. The fourth-order valence-electron chi connectivity index (χ4n) is 4.61. The van der Waals surface area contributed by atoms with Gasteiger partial charge in [0.15, 0.2) is 0 Å². The van der Waals surface area contributed by atoms with Gasteiger partial charge in [-0.15, -0.1) is 0 Å². The van der Waals surface area contributed by atoms with Crippen molar-refractivity contribution in [2.75, 3.05) is 56.2 Å². The molecule has 0 saturated carbocycles. The minimum absolute atomic E-state index is 0.0846. The molecule has 2 fully saturated rings. The first-order valence-corrected chi connectivity index (χ1v) is 12.5. The molecule has 2 aliphatic heterocycles. The first-order chi connectivity index (χ1) is 17.6. The third-order valence-electron chi connectivity index (χ3n) is 6.49. The summed E-state index contributed by atoms with van der Waals surface area (Å²) >= 11 is 0. The van der Waals surface area contributed by atoms with Crippen LogP contribution >= 0.6 is 0 Å². The number of anilines is 2. The molecule has 0 radical (unpaired) electrons. The number of amides is 2. The Labute approximate surface area is 214 Å². The number of alkyl halides is 3. The molecule has 0 unspecified atom stereocenters. The maximum Gasteiger partial charge on any atom is 0.389 e. The highest BCUT2D eigenvalue weighted by Crippen LogP contribution is 2.33. The molecular weight excluding hydrogens is 489 g/mol. The van der Waals surface area contributed by atoms with Gasteiger partial charge in [0.2, 0.25) is 5.88 Å². The van der Waals surface area contributed by atoms with Gasteiger partial charge in [0.25, 0.3) is 0 Å². The Hall–Kier alpha value is -3.05. The summed E-state index contributed by atoms with van der Waals surface area (Å²) in [4.78, 5) is 20.9. The number of hydrogen-bond acceptors (Lipinski definition) is 6. The number of aliphatic hydroxyl groups is 1. The summed E-state index contributed by atoms with van der Waals surface area (Å²) in [6, 6.07) is 8.83. The van der Waals surface area contributed by atoms with E-state index in [4.69, 9.17) is 9.47 Å². The highest BCUT2D eigenvalue weighted by atomic mass is 19.4. The summed E-state index contributed by atoms with van der Waals surface area (Å²) in [6.07, 6.45) is -5.43. The van der Waals surface area contributed by atoms with Crippen LogP contribution in [0.2, 0.25) is 0 Å². The second-order valence-electron chi connectivity index (χ2n) is 9.69. The molecule has 2 atom stereocenters. The number of hydrogen-bond donors (Lipinski definition) is 2. The number of rotatable bonds is 7. The summed E-state index contributed by atoms with van der Waals surface area (Å²) in [6.45, 7) is 6.62. The summed E-state index contributed by atoms with van der Waals surface area (Å²) in [5, 5.41) is 12.5. The van der Waals surface area contributed by atoms with Crippen LogP contribution < -0.4 is 15.0 Å². The predicted octanol–water partition coefficient (Wildman–Crippen LogP) is 4.46. The SMILES string of the molecule is Cc1ccc(NC(=O)N2CC[C@@H](CC(F)(F)F)C2)cc1-c1cc(OC[C@@H](C)O)nc(N2CCOCC2)c1. The third kappa shape index (κ3) is 7.48. The van der Waals surface area contributed by atoms with Gasteiger partial charge in [-0.05, 0) is 61.1 Å². The lowest BCUT2D eigenvalue weighted by molar-refractivity contribution is -0.143. The number of nitrogens with zero attached hydrogens (tertiary/aromatic N) is 3. The van der Waals surface area contributed by atoms with Crippen LogP contribution in [0.25, 0.3) is 11.1 Å². The largest absolute Gasteiger partial charge is 0.475 e. The predicted molar refractivity (Wildman–Crippen MR) is 134 cm³/mol. The molecule has 1 aromatic heterocycles. The zero-order chi connectivity index (χ0) is 26.6. The van der Waals surface area contributed by atoms with Gasteiger partial charge < -0.3 is 29.7 Å². The van der Waals surface area contributed by atoms with Gasteiger partial charge in [-0.25, -0.2) is 4.79 Å². The zero-order valence-corrected chi connectivity index (χ0v) is 21.1. The molecule has 8 nitrogen and oxygen atoms in total. The molecule has 0 aliphatic carbocycles. The number of carbonyl (C=O) groups is 1. The van der Waals surface area contributed by atoms with E-state index in [0.717, 1.165) is 22.5 Å². The van der Waals surface area contributed by atoms with E-state index in [1.165, 1.54) is 4.90 Å². The number of likely N-dealkylation sites (tertiary alicyclic amines) is 1. The third-order valence-corrected chi connectivity index (χ3v) is 6.49. The van der Waals surface area contributed by atoms with Crippen LogP contribution in [0.4, 0.5) is 29.5 Å². The molecule has 37 heavy (non-hydrogen) atoms. The number of benzene rings is 1. The van der Waals surface area contributed by atoms with Crippen molar-refractivity contribution in [1.29, 1.82) is 0 Å². The Morgan fingerprint density at radius 3 is 2.70 bits per heavy atom. The van der Waals surface area contributed by atoms with Crippen LogP contribution in [-0.2, 0) is 4.74 Å². The van der Waals surface area contributed by atoms with Crippen LogP contribution in [0.1, 0.15) is 25.3 Å². The molecule has 3 heterocycles. The minimum atomic E-state index is -4.23. The van der Waals surface area contributed by atoms with Crippen molar-refractivity contribution in [3.63, 3.8) is 0 Å². The van der Waals surface area contributed by atoms with E-state index in [2.05, 4.69) is 15.2 Å². The number of aromatic nitrogens is 1. The van der Waals surface area contributed by atoms with E-state index in [9.17, 15) is 23.1 Å². The Bertz CT molecular complexity index is 1090. The van der Waals surface area contributed by atoms with Gasteiger partial charge >= 0.3 is 12.2 Å². The van der Waals surface area contributed by atoms with Crippen molar-refractivity contribution in [3.05, 3.63) is 35.9 Å². The molecule has 1 aromatic carbocycles. The Balaban J connectivity index is 1.54. The smallest absolute Gasteiger partial charge is 0.389 e. The van der Waals surface area contributed by atoms with Crippen LogP contribution in [0.3, 0.4) is 0 Å². The van der Waals surface area contributed by atoms with Crippen molar-refractivity contribution in [2.45, 2.75) is 39.0 Å². The van der Waals surface area contributed by atoms with Crippen LogP contribution in [0, 0.1) is 12.8 Å². The number of aryl methyl sites for hydroxylation is 1. The number of ether oxygens (including phenoxy) is 2. The molecule has 2 amide bonds. The highest BCUT2D eigenvalue weighted by Gasteiger charge is 2.36. The van der Waals surface area contributed by atoms with E-state index in [1.807, 2.05) is 25.1 Å². The molecule has 0 spiro atoms. The summed E-state index contributed by atoms with van der Waals surface area (Å²) < 4.78 is 49.4. The maximum absolute atomic E-state index is 12.8. The Kier molecular flexibility index (Phi) is 8.43. The lowest BCUT2D eigenvalue weighted by Gasteiger charge is -2.28. The molecule has 4 rings (SSSR count). The number of pyridine rings is 1. The second-order valence-corrected chi connectivity index (χ2v) is 9.69. The van der Waals surface area contributed by atoms with Gasteiger partial charge in [-0.3, -0.25) is 0 Å². The van der Waals surface area contributed by atoms with Crippen molar-refractivity contribution < 1.29 is 32.5 Å². The summed E-state index contributed by atoms with van der Waals surface area (Å²) in [7, 11) is 0. The number of urea groups is 1. The fraction of sp³-hybridized carbons (Fsp3) is 0.538. The quantitative estimate of drug-likeness (QED) is 0.559. The number of carbonyl (C=O) groups excluding carboxylic acids is 1. The fourth-order valence-corrected chi connectivity index (χ4v) is 4.61. The van der Waals surface area contributed by atoms with Crippen LogP contribution in [-0.4, -0.2) is 79.3 Å². The number of nitrogens with one attached hydrogen (secondary N) is 1. The summed E-state index contributed by atoms with van der Waals surface area (Å²) in [5.41, 5.74) is 3.19. The zero-order valence-electron chi connectivity index (χ0n) is 21.1. The van der Waals surface area contributed by atoms with Crippen molar-refractivity contribution in [2.24, 2.45) is 5.92 Å². The van der Waals surface area contributed by atoms with Gasteiger partial charge in [0, 0.05) is 44.4 Å². The lowest BCUT2D eigenvalue weighted by atomic mass is 10.0. The number of aliphatic hydroxyl groups excluding tert-OH is 1. The van der Waals surface area contributed by atoms with Gasteiger partial charge in [0.1, 0.15) is 12.4 Å². The topological polar surface area (TPSA) is 87.2 Å². The van der Waals surface area contributed by atoms with Gasteiger partial charge in [-0.2, -0.15) is 18.2 Å². The number of morpholine rings is 1. The average molecular weight is 523 g/mol. The first-order valence-electron chi connectivity index (χ1n) is 12.5. The first kappa shape index (κ1) is 27.0. The van der Waals surface area contributed by atoms with Gasteiger partial charge in [0.05, 0.1) is 19.3 Å². The van der Waals surface area contributed by atoms with Crippen molar-refractivity contribution in [1.82, 2.24) is 9.88 Å². The number of halogens is 3. The van der Waals surface area contributed by atoms with E-state index < -0.39 is 30.7 Å². The lowest BCUT2D eigenvalue weighted by Crippen LogP contribution is -2.36. The van der Waals surface area contributed by atoms with Gasteiger partial charge in [-0.1, -0.05) is 6.07 Å². The van der Waals surface area contributed by atoms with E-state index in [0.29, 0.717) is 50.8 Å². The molecule has 2 aromatic rings. The monoisotopic (exact) mass is 522 g/mol. The Morgan fingerprint density at radius 2 is 2.00 bits per heavy atom. The normalized spacial score (nSPS) is 19.1. The molecule has 202 valence electrons. The summed E-state index contributed by atoms with van der Waals surface area (Å²) in [5.74, 6) is 0.527. The highest BCUT2D eigenvalue weighted by molar-refractivity contribution is 5.90. The Morgan fingerprint density at radius 1 is 1.24 bits per heavy atom. The molecule has 0 bridgehead atoms. The van der Waals surface area contributed by atoms with Crippen molar-refractivity contribution in [3.8, 4) is 17.0 Å². The van der Waals surface area contributed by atoms with Crippen molar-refractivity contribution >= 4 is 17.5 Å². The molecule has 11 heteroatoms. The van der Waals surface area contributed by atoms with E-state index in [-0.39, 0.29) is 13.2 Å². The molecule has 2 aliphatic rings. The molecule has 2 saturated heterocycles. The maximum atomic E-state index is 12.8.